The number of nitrogens with one attached hydrogen (secondary N) is 2. The van der Waals surface area contributed by atoms with Crippen LogP contribution in [0, 0.1) is 0 Å². The van der Waals surface area contributed by atoms with Gasteiger partial charge in [-0.25, -0.2) is 0 Å². The summed E-state index contributed by atoms with van der Waals surface area (Å²) in [7, 11) is 0. The van der Waals surface area contributed by atoms with Crippen LogP contribution in [-0.4, -0.2) is 24.2 Å². The van der Waals surface area contributed by atoms with E-state index >= 15 is 0 Å². The first-order valence-electron chi connectivity index (χ1n) is 10.9. The molecule has 2 N–H and O–H groups in total. The van der Waals surface area contributed by atoms with Crippen LogP contribution in [0.5, 0.6) is 11.5 Å². The summed E-state index contributed by atoms with van der Waals surface area (Å²) in [6.45, 7) is 3.21. The molecule has 0 bridgehead atoms. The van der Waals surface area contributed by atoms with Gasteiger partial charge in [0.15, 0.2) is 5.11 Å². The van der Waals surface area contributed by atoms with E-state index < -0.39 is 0 Å². The molecule has 0 saturated heterocycles. The monoisotopic (exact) mass is 526 g/mol. The normalized spacial score (nSPS) is 10.4. The number of rotatable bonds is 10. The fourth-order valence-electron chi connectivity index (χ4n) is 3.06. The van der Waals surface area contributed by atoms with Crippen molar-refractivity contribution >= 4 is 44.9 Å². The molecule has 0 radical (unpaired) electrons. The Hall–Kier alpha value is -2.90. The molecular weight excluding hydrogens is 500 g/mol. The SMILES string of the molecule is CCCCOc1ccc(Br)cc1C(=O)NC(=S)Nc1cccc(OCCc2ccccc2)c1. The van der Waals surface area contributed by atoms with Crippen molar-refractivity contribution in [3.8, 4) is 11.5 Å². The highest BCUT2D eigenvalue weighted by Gasteiger charge is 2.15. The van der Waals surface area contributed by atoms with E-state index in [0.717, 1.165) is 35.2 Å². The van der Waals surface area contributed by atoms with E-state index in [1.165, 1.54) is 5.56 Å². The molecule has 0 unspecified atom stereocenters. The van der Waals surface area contributed by atoms with E-state index in [4.69, 9.17) is 21.7 Å². The Morgan fingerprint density at radius 3 is 2.58 bits per heavy atom. The van der Waals surface area contributed by atoms with Gasteiger partial charge in [-0.2, -0.15) is 0 Å². The first-order valence-corrected chi connectivity index (χ1v) is 12.1. The summed E-state index contributed by atoms with van der Waals surface area (Å²) in [6, 6.07) is 23.0. The van der Waals surface area contributed by atoms with Crippen LogP contribution >= 0.6 is 28.1 Å². The van der Waals surface area contributed by atoms with Crippen molar-refractivity contribution in [2.45, 2.75) is 26.2 Å². The second-order valence-corrected chi connectivity index (χ2v) is 8.69. The first-order chi connectivity index (χ1) is 16.0. The largest absolute Gasteiger partial charge is 0.493 e. The summed E-state index contributed by atoms with van der Waals surface area (Å²) in [4.78, 5) is 12.8. The van der Waals surface area contributed by atoms with Crippen LogP contribution in [0.4, 0.5) is 5.69 Å². The molecule has 0 heterocycles. The smallest absolute Gasteiger partial charge is 0.261 e. The summed E-state index contributed by atoms with van der Waals surface area (Å²) in [5, 5.41) is 5.97. The van der Waals surface area contributed by atoms with Gasteiger partial charge >= 0.3 is 0 Å². The summed E-state index contributed by atoms with van der Waals surface area (Å²) >= 11 is 8.76. The molecule has 0 saturated carbocycles. The van der Waals surface area contributed by atoms with Gasteiger partial charge in [0.1, 0.15) is 11.5 Å². The maximum Gasteiger partial charge on any atom is 0.261 e. The molecule has 0 aliphatic heterocycles. The van der Waals surface area contributed by atoms with Gasteiger partial charge < -0.3 is 14.8 Å². The van der Waals surface area contributed by atoms with Gasteiger partial charge in [-0.1, -0.05) is 65.7 Å². The van der Waals surface area contributed by atoms with E-state index in [0.29, 0.717) is 24.5 Å². The highest BCUT2D eigenvalue weighted by molar-refractivity contribution is 9.10. The van der Waals surface area contributed by atoms with E-state index in [-0.39, 0.29) is 11.0 Å². The molecule has 3 aromatic rings. The van der Waals surface area contributed by atoms with Crippen LogP contribution in [0.15, 0.2) is 77.3 Å². The molecule has 1 amide bonds. The van der Waals surface area contributed by atoms with Gasteiger partial charge in [0.25, 0.3) is 5.91 Å². The highest BCUT2D eigenvalue weighted by atomic mass is 79.9. The second-order valence-electron chi connectivity index (χ2n) is 7.36. The molecule has 7 heteroatoms. The summed E-state index contributed by atoms with van der Waals surface area (Å²) in [6.07, 6.45) is 2.75. The lowest BCUT2D eigenvalue weighted by molar-refractivity contribution is 0.0973. The molecule has 0 fully saturated rings. The maximum atomic E-state index is 12.8. The number of anilines is 1. The van der Waals surface area contributed by atoms with Gasteiger partial charge in [0.2, 0.25) is 0 Å². The van der Waals surface area contributed by atoms with Gasteiger partial charge in [-0.05, 0) is 54.5 Å². The third-order valence-electron chi connectivity index (χ3n) is 4.76. The molecular formula is C26H27BrN2O3S. The Morgan fingerprint density at radius 2 is 1.79 bits per heavy atom. The molecule has 0 aromatic heterocycles. The number of amides is 1. The zero-order chi connectivity index (χ0) is 23.5. The Kier molecular flexibility index (Phi) is 9.72. The third-order valence-corrected chi connectivity index (χ3v) is 5.46. The lowest BCUT2D eigenvalue weighted by Gasteiger charge is -2.14. The van der Waals surface area contributed by atoms with E-state index in [9.17, 15) is 4.79 Å². The number of unbranched alkanes of at least 4 members (excludes halogenated alkanes) is 1. The highest BCUT2D eigenvalue weighted by Crippen LogP contribution is 2.24. The Bertz CT molecular complexity index is 1080. The van der Waals surface area contributed by atoms with Crippen molar-refractivity contribution in [3.05, 3.63) is 88.4 Å². The van der Waals surface area contributed by atoms with Gasteiger partial charge in [-0.3, -0.25) is 10.1 Å². The lowest BCUT2D eigenvalue weighted by atomic mass is 10.2. The standard InChI is InChI=1S/C26H27BrN2O3S/c1-2-3-15-32-24-13-12-20(27)17-23(24)25(30)29-26(33)28-21-10-7-11-22(18-21)31-16-14-19-8-5-4-6-9-19/h4-13,17-18H,2-3,14-16H2,1H3,(H2,28,29,30,33). The average molecular weight is 527 g/mol. The topological polar surface area (TPSA) is 59.6 Å². The predicted molar refractivity (Wildman–Crippen MR) is 140 cm³/mol. The zero-order valence-electron chi connectivity index (χ0n) is 18.5. The minimum atomic E-state index is -0.337. The molecule has 5 nitrogen and oxygen atoms in total. The zero-order valence-corrected chi connectivity index (χ0v) is 20.9. The van der Waals surface area contributed by atoms with Crippen LogP contribution in [-0.2, 0) is 6.42 Å². The Labute approximate surface area is 208 Å². The summed E-state index contributed by atoms with van der Waals surface area (Å²) in [5.41, 5.74) is 2.37. The number of carbonyl (C=O) groups is 1. The molecule has 3 aromatic carbocycles. The number of ether oxygens (including phenoxy) is 2. The second kappa shape index (κ2) is 13.0. The van der Waals surface area contributed by atoms with Crippen molar-refractivity contribution in [2.24, 2.45) is 0 Å². The molecule has 0 aliphatic carbocycles. The summed E-state index contributed by atoms with van der Waals surface area (Å²) in [5.74, 6) is 0.917. The van der Waals surface area contributed by atoms with E-state index in [1.807, 2.05) is 48.5 Å². The van der Waals surface area contributed by atoms with Crippen molar-refractivity contribution < 1.29 is 14.3 Å². The van der Waals surface area contributed by atoms with Crippen molar-refractivity contribution in [1.82, 2.24) is 5.32 Å². The molecule has 33 heavy (non-hydrogen) atoms. The number of benzene rings is 3. The van der Waals surface area contributed by atoms with Crippen LogP contribution in [0.1, 0.15) is 35.7 Å². The fourth-order valence-corrected chi connectivity index (χ4v) is 3.63. The maximum absolute atomic E-state index is 12.8. The molecule has 0 atom stereocenters. The minimum absolute atomic E-state index is 0.195. The van der Waals surface area contributed by atoms with E-state index in [2.05, 4.69) is 45.6 Å². The van der Waals surface area contributed by atoms with Crippen molar-refractivity contribution in [3.63, 3.8) is 0 Å². The van der Waals surface area contributed by atoms with Crippen LogP contribution in [0.3, 0.4) is 0 Å². The first kappa shape index (κ1) is 24.7. The van der Waals surface area contributed by atoms with Crippen LogP contribution in [0.25, 0.3) is 0 Å². The number of hydrogen-bond acceptors (Lipinski definition) is 4. The lowest BCUT2D eigenvalue weighted by Crippen LogP contribution is -2.34. The average Bonchev–Trinajstić information content (AvgIpc) is 2.81. The van der Waals surface area contributed by atoms with Crippen LogP contribution in [0.2, 0.25) is 0 Å². The molecule has 172 valence electrons. The van der Waals surface area contributed by atoms with E-state index in [1.54, 1.807) is 12.1 Å². The van der Waals surface area contributed by atoms with Gasteiger partial charge in [0.05, 0.1) is 18.8 Å². The number of hydrogen-bond donors (Lipinski definition) is 2. The number of thiocarbonyl (C=S) groups is 1. The minimum Gasteiger partial charge on any atom is -0.493 e. The Balaban J connectivity index is 1.55. The van der Waals surface area contributed by atoms with Crippen molar-refractivity contribution in [1.29, 1.82) is 0 Å². The number of carbonyl (C=O) groups excluding carboxylic acids is 1. The predicted octanol–water partition coefficient (Wildman–Crippen LogP) is 6.38. The van der Waals surface area contributed by atoms with Crippen molar-refractivity contribution in [2.75, 3.05) is 18.5 Å². The fraction of sp³-hybridized carbons (Fsp3) is 0.231. The summed E-state index contributed by atoms with van der Waals surface area (Å²) < 4.78 is 12.4. The number of halogens is 1. The van der Waals surface area contributed by atoms with Crippen LogP contribution < -0.4 is 20.1 Å². The third kappa shape index (κ3) is 8.18. The van der Waals surface area contributed by atoms with Gasteiger partial charge in [0, 0.05) is 22.6 Å². The Morgan fingerprint density at radius 1 is 0.970 bits per heavy atom. The molecule has 0 aliphatic rings. The quantitative estimate of drug-likeness (QED) is 0.237. The molecule has 0 spiro atoms. The van der Waals surface area contributed by atoms with Gasteiger partial charge in [-0.15, -0.1) is 0 Å². The molecule has 3 rings (SSSR count).